The highest BCUT2D eigenvalue weighted by Crippen LogP contribution is 2.28. The normalized spacial score (nSPS) is 13.8. The lowest BCUT2D eigenvalue weighted by Gasteiger charge is -2.36. The molecule has 1 N–H and O–H groups in total. The number of anilines is 1. The Hall–Kier alpha value is -5.17. The van der Waals surface area contributed by atoms with E-state index in [-0.39, 0.29) is 35.6 Å². The summed E-state index contributed by atoms with van der Waals surface area (Å²) in [6, 6.07) is 12.6. The summed E-state index contributed by atoms with van der Waals surface area (Å²) >= 11 is 0. The number of fused-ring (bicyclic) bond motifs is 2. The second-order valence-electron chi connectivity index (χ2n) is 10.8. The molecule has 10 heteroatoms. The van der Waals surface area contributed by atoms with Gasteiger partial charge in [-0.15, -0.1) is 0 Å². The summed E-state index contributed by atoms with van der Waals surface area (Å²) in [5.41, 5.74) is 2.57. The van der Waals surface area contributed by atoms with Crippen LogP contribution in [-0.4, -0.2) is 57.2 Å². The fourth-order valence-electron chi connectivity index (χ4n) is 5.50. The van der Waals surface area contributed by atoms with Crippen molar-refractivity contribution in [3.05, 3.63) is 93.2 Å². The number of aromatic carboxylic acids is 1. The van der Waals surface area contributed by atoms with Gasteiger partial charge in [-0.3, -0.25) is 9.59 Å². The van der Waals surface area contributed by atoms with Crippen LogP contribution in [0.3, 0.4) is 0 Å². The first kappa shape index (κ1) is 29.3. The molecule has 43 heavy (non-hydrogen) atoms. The fourth-order valence-corrected chi connectivity index (χ4v) is 5.50. The second kappa shape index (κ2) is 12.0. The van der Waals surface area contributed by atoms with Crippen molar-refractivity contribution in [1.29, 1.82) is 5.26 Å². The van der Waals surface area contributed by atoms with E-state index >= 15 is 4.39 Å². The molecule has 1 amide bonds. The Bertz CT molecular complexity index is 1920. The van der Waals surface area contributed by atoms with Crippen LogP contribution in [0.4, 0.5) is 10.1 Å². The minimum Gasteiger partial charge on any atom is -0.477 e. The highest BCUT2D eigenvalue weighted by atomic mass is 19.1. The number of aryl methyl sites for hydroxylation is 1. The third kappa shape index (κ3) is 5.66. The number of hydrogen-bond acceptors (Lipinski definition) is 5. The molecule has 0 radical (unpaired) electrons. The molecule has 1 aliphatic rings. The molecule has 9 nitrogen and oxygen atoms in total. The molecule has 0 atom stereocenters. The third-order valence-corrected chi connectivity index (χ3v) is 7.79. The van der Waals surface area contributed by atoms with E-state index in [0.29, 0.717) is 31.7 Å². The standard InChI is InChI=1S/C33H32FN5O4/c1-4-36-20-26(33(42)43)31(40)25-16-27(34)30(17-29(25)36)37-11-13-38(14-12-37)32(41)22(18-35)15-23-19-39(10-9-21(2)3)28-8-6-5-7-24(23)28/h5-9,15-17,19-20H,4,10-14H2,1-3H3,(H,42,43)/b22-15+. The number of nitriles is 1. The molecule has 0 bridgehead atoms. The lowest BCUT2D eigenvalue weighted by molar-refractivity contribution is -0.126. The number of carbonyl (C=O) groups excluding carboxylic acids is 1. The van der Waals surface area contributed by atoms with Crippen LogP contribution in [0.1, 0.15) is 36.7 Å². The summed E-state index contributed by atoms with van der Waals surface area (Å²) in [6.45, 7) is 8.13. The molecule has 2 aromatic carbocycles. The molecule has 1 aliphatic heterocycles. The summed E-state index contributed by atoms with van der Waals surface area (Å²) in [6.07, 6.45) is 6.97. The highest BCUT2D eigenvalue weighted by molar-refractivity contribution is 6.04. The molecular formula is C33H32FN5O4. The maximum absolute atomic E-state index is 15.3. The number of nitrogens with zero attached hydrogens (tertiary/aromatic N) is 5. The molecule has 4 aromatic rings. The van der Waals surface area contributed by atoms with Crippen molar-refractivity contribution < 1.29 is 19.1 Å². The number of amides is 1. The van der Waals surface area contributed by atoms with E-state index < -0.39 is 22.8 Å². The van der Waals surface area contributed by atoms with Crippen LogP contribution in [0.25, 0.3) is 27.9 Å². The van der Waals surface area contributed by atoms with Gasteiger partial charge in [0.2, 0.25) is 5.43 Å². The van der Waals surface area contributed by atoms with Crippen LogP contribution in [-0.2, 0) is 17.9 Å². The zero-order chi connectivity index (χ0) is 30.8. The van der Waals surface area contributed by atoms with Crippen molar-refractivity contribution in [3.63, 3.8) is 0 Å². The van der Waals surface area contributed by atoms with Crippen molar-refractivity contribution in [2.24, 2.45) is 0 Å². The molecule has 5 rings (SSSR count). The number of aromatic nitrogens is 2. The number of halogens is 1. The molecule has 0 unspecified atom stereocenters. The zero-order valence-corrected chi connectivity index (χ0v) is 24.3. The predicted octanol–water partition coefficient (Wildman–Crippen LogP) is 5.04. The highest BCUT2D eigenvalue weighted by Gasteiger charge is 2.26. The molecule has 220 valence electrons. The lowest BCUT2D eigenvalue weighted by atomic mass is 10.1. The number of allylic oxidation sites excluding steroid dienone is 2. The summed E-state index contributed by atoms with van der Waals surface area (Å²) < 4.78 is 19.0. The number of carboxylic acid groups (broad SMARTS) is 1. The number of rotatable bonds is 7. The van der Waals surface area contributed by atoms with E-state index in [1.54, 1.807) is 26.5 Å². The van der Waals surface area contributed by atoms with E-state index in [2.05, 4.69) is 16.7 Å². The van der Waals surface area contributed by atoms with Crippen LogP contribution in [0, 0.1) is 17.1 Å². The Labute approximate surface area is 248 Å². The van der Waals surface area contributed by atoms with Gasteiger partial charge in [-0.1, -0.05) is 29.8 Å². The minimum atomic E-state index is -1.36. The van der Waals surface area contributed by atoms with E-state index in [0.717, 1.165) is 22.5 Å². The van der Waals surface area contributed by atoms with Gasteiger partial charge in [0.05, 0.1) is 11.2 Å². The molecule has 0 spiro atoms. The Morgan fingerprint density at radius 3 is 2.40 bits per heavy atom. The van der Waals surface area contributed by atoms with Gasteiger partial charge >= 0.3 is 5.97 Å². The topological polar surface area (TPSA) is 112 Å². The molecule has 1 saturated heterocycles. The monoisotopic (exact) mass is 581 g/mol. The summed E-state index contributed by atoms with van der Waals surface area (Å²) in [5, 5.41) is 20.3. The van der Waals surface area contributed by atoms with Crippen molar-refractivity contribution in [2.45, 2.75) is 33.9 Å². The van der Waals surface area contributed by atoms with Gasteiger partial charge < -0.3 is 24.0 Å². The van der Waals surface area contributed by atoms with E-state index in [9.17, 15) is 24.8 Å². The van der Waals surface area contributed by atoms with Crippen LogP contribution in [0.15, 0.2) is 70.8 Å². The van der Waals surface area contributed by atoms with Gasteiger partial charge in [0, 0.05) is 73.5 Å². The Morgan fingerprint density at radius 2 is 1.74 bits per heavy atom. The van der Waals surface area contributed by atoms with E-state index in [1.807, 2.05) is 51.2 Å². The zero-order valence-electron chi connectivity index (χ0n) is 24.3. The number of piperazine rings is 1. The maximum atomic E-state index is 15.3. The van der Waals surface area contributed by atoms with Crippen LogP contribution in [0.5, 0.6) is 0 Å². The SMILES string of the molecule is CCn1cc(C(=O)O)c(=O)c2cc(F)c(N3CCN(C(=O)/C(C#N)=C/c4cn(CC=C(C)C)c5ccccc45)CC3)cc21. The third-order valence-electron chi connectivity index (χ3n) is 7.79. The smallest absolute Gasteiger partial charge is 0.341 e. The molecule has 1 fully saturated rings. The van der Waals surface area contributed by atoms with Crippen LogP contribution >= 0.6 is 0 Å². The average molecular weight is 582 g/mol. The van der Waals surface area contributed by atoms with Gasteiger partial charge in [0.15, 0.2) is 0 Å². The summed E-state index contributed by atoms with van der Waals surface area (Å²) in [7, 11) is 0. The Balaban J connectivity index is 1.38. The van der Waals surface area contributed by atoms with Crippen molar-refractivity contribution in [1.82, 2.24) is 14.0 Å². The quantitative estimate of drug-likeness (QED) is 0.186. The van der Waals surface area contributed by atoms with E-state index in [1.165, 1.54) is 11.8 Å². The van der Waals surface area contributed by atoms with Gasteiger partial charge in [-0.25, -0.2) is 9.18 Å². The number of hydrogen-bond donors (Lipinski definition) is 1. The second-order valence-corrected chi connectivity index (χ2v) is 10.8. The fraction of sp³-hybridized carbons (Fsp3) is 0.273. The van der Waals surface area contributed by atoms with Gasteiger partial charge in [-0.2, -0.15) is 5.26 Å². The van der Waals surface area contributed by atoms with Crippen molar-refractivity contribution in [3.8, 4) is 6.07 Å². The van der Waals surface area contributed by atoms with Crippen LogP contribution in [0.2, 0.25) is 0 Å². The Kier molecular flexibility index (Phi) is 8.17. The van der Waals surface area contributed by atoms with Crippen molar-refractivity contribution >= 4 is 45.4 Å². The first-order chi connectivity index (χ1) is 20.6. The van der Waals surface area contributed by atoms with Gasteiger partial charge in [-0.05, 0) is 45.0 Å². The molecule has 2 aromatic heterocycles. The first-order valence-corrected chi connectivity index (χ1v) is 14.1. The van der Waals surface area contributed by atoms with Gasteiger partial charge in [0.25, 0.3) is 5.91 Å². The lowest BCUT2D eigenvalue weighted by Crippen LogP contribution is -2.49. The summed E-state index contributed by atoms with van der Waals surface area (Å²) in [5.74, 6) is -2.39. The van der Waals surface area contributed by atoms with Gasteiger partial charge in [0.1, 0.15) is 23.0 Å². The van der Waals surface area contributed by atoms with Crippen LogP contribution < -0.4 is 10.3 Å². The molecular weight excluding hydrogens is 549 g/mol. The minimum absolute atomic E-state index is 0.00261. The number of para-hydroxylation sites is 1. The van der Waals surface area contributed by atoms with E-state index in [4.69, 9.17) is 0 Å². The number of benzene rings is 2. The maximum Gasteiger partial charge on any atom is 0.341 e. The first-order valence-electron chi connectivity index (χ1n) is 14.1. The largest absolute Gasteiger partial charge is 0.477 e. The number of pyridine rings is 1. The molecule has 3 heterocycles. The Morgan fingerprint density at radius 1 is 1.02 bits per heavy atom. The number of carbonyl (C=O) groups is 2. The number of carboxylic acids is 1. The predicted molar refractivity (Wildman–Crippen MR) is 165 cm³/mol. The molecule has 0 aliphatic carbocycles. The van der Waals surface area contributed by atoms with Crippen molar-refractivity contribution in [2.75, 3.05) is 31.1 Å². The summed E-state index contributed by atoms with van der Waals surface area (Å²) in [4.78, 5) is 41.0. The average Bonchev–Trinajstić information content (AvgIpc) is 3.35. The molecule has 0 saturated carbocycles.